The highest BCUT2D eigenvalue weighted by Crippen LogP contribution is 2.29. The summed E-state index contributed by atoms with van der Waals surface area (Å²) in [5, 5.41) is 3.47. The van der Waals surface area contributed by atoms with Crippen molar-refractivity contribution in [2.75, 3.05) is 14.2 Å². The average Bonchev–Trinajstić information content (AvgIpc) is 3.14. The number of aryl methyl sites for hydroxylation is 1. The van der Waals surface area contributed by atoms with Crippen molar-refractivity contribution < 1.29 is 23.7 Å². The Kier molecular flexibility index (Phi) is 6.84. The summed E-state index contributed by atoms with van der Waals surface area (Å²) in [6.07, 6.45) is 1.79. The quantitative estimate of drug-likeness (QED) is 0.530. The van der Waals surface area contributed by atoms with Gasteiger partial charge in [0.15, 0.2) is 17.5 Å². The zero-order chi connectivity index (χ0) is 24.2. The summed E-state index contributed by atoms with van der Waals surface area (Å²) >= 11 is 6.09. The van der Waals surface area contributed by atoms with E-state index in [1.807, 2.05) is 43.3 Å². The molecule has 1 saturated heterocycles. The standard InChI is InChI=1S/C26H24ClN3O4/c1-16-4-7-19(8-5-16)25(31)28-23-24(18-9-11-20(27)12-10-18)30(29-26(23)32)15-17-6-13-21(33-2)22(14-17)34-3/h4-15,23-24H,1-3H3,(H-,28,29,31,32)/p+1/b30-15-/t23-,24-/m0/s1. The molecule has 1 fully saturated rings. The van der Waals surface area contributed by atoms with Crippen LogP contribution in [-0.2, 0) is 4.79 Å². The lowest BCUT2D eigenvalue weighted by Gasteiger charge is -2.15. The number of nitrogens with zero attached hydrogens (tertiary/aromatic N) is 1. The fraction of sp³-hybridized carbons (Fsp3) is 0.192. The van der Waals surface area contributed by atoms with Crippen LogP contribution in [0.15, 0.2) is 66.7 Å². The van der Waals surface area contributed by atoms with Crippen LogP contribution in [0.25, 0.3) is 0 Å². The number of hydrogen-bond acceptors (Lipinski definition) is 4. The Morgan fingerprint density at radius 1 is 1.00 bits per heavy atom. The van der Waals surface area contributed by atoms with Crippen molar-refractivity contribution in [3.05, 3.63) is 94.0 Å². The molecule has 0 unspecified atom stereocenters. The van der Waals surface area contributed by atoms with E-state index in [9.17, 15) is 9.59 Å². The third-order valence-electron chi connectivity index (χ3n) is 5.64. The lowest BCUT2D eigenvalue weighted by atomic mass is 9.99. The lowest BCUT2D eigenvalue weighted by molar-refractivity contribution is -0.596. The largest absolute Gasteiger partial charge is 0.493 e. The molecule has 2 N–H and O–H groups in total. The van der Waals surface area contributed by atoms with Gasteiger partial charge in [-0.25, -0.2) is 0 Å². The Bertz CT molecular complexity index is 1240. The molecule has 0 radical (unpaired) electrons. The van der Waals surface area contributed by atoms with Gasteiger partial charge in [0.25, 0.3) is 5.91 Å². The van der Waals surface area contributed by atoms with Crippen LogP contribution in [0.1, 0.15) is 33.1 Å². The van der Waals surface area contributed by atoms with E-state index in [-0.39, 0.29) is 11.8 Å². The molecular weight excluding hydrogens is 454 g/mol. The Labute approximate surface area is 202 Å². The Morgan fingerprint density at radius 3 is 2.32 bits per heavy atom. The maximum atomic E-state index is 13.0. The number of halogens is 1. The highest BCUT2D eigenvalue weighted by Gasteiger charge is 2.47. The van der Waals surface area contributed by atoms with Gasteiger partial charge in [0.2, 0.25) is 12.3 Å². The van der Waals surface area contributed by atoms with E-state index in [1.54, 1.807) is 55.5 Å². The summed E-state index contributed by atoms with van der Waals surface area (Å²) in [6, 6.07) is 18.5. The van der Waals surface area contributed by atoms with Gasteiger partial charge in [0.1, 0.15) is 0 Å². The number of rotatable bonds is 6. The summed E-state index contributed by atoms with van der Waals surface area (Å²) in [5.41, 5.74) is 5.99. The van der Waals surface area contributed by atoms with Crippen LogP contribution >= 0.6 is 11.6 Å². The topological polar surface area (TPSA) is 79.7 Å². The summed E-state index contributed by atoms with van der Waals surface area (Å²) in [4.78, 5) is 25.9. The van der Waals surface area contributed by atoms with Gasteiger partial charge in [-0.1, -0.05) is 41.4 Å². The SMILES string of the molecule is COc1ccc(/C=[N+]2\NC(=O)[C@@H](NC(=O)c3ccc(C)cc3)[C@@H]2c2ccc(Cl)cc2)cc1OC. The number of carbonyl (C=O) groups is 2. The number of hydrogen-bond donors (Lipinski definition) is 2. The van der Waals surface area contributed by atoms with E-state index >= 15 is 0 Å². The summed E-state index contributed by atoms with van der Waals surface area (Å²) in [7, 11) is 3.13. The van der Waals surface area contributed by atoms with Crippen LogP contribution in [-0.4, -0.2) is 43.0 Å². The number of carbonyl (C=O) groups excluding carboxylic acids is 2. The van der Waals surface area contributed by atoms with Crippen LogP contribution in [0.2, 0.25) is 5.02 Å². The molecule has 7 nitrogen and oxygen atoms in total. The molecule has 34 heavy (non-hydrogen) atoms. The zero-order valence-electron chi connectivity index (χ0n) is 19.0. The maximum Gasteiger partial charge on any atom is 0.304 e. The molecule has 1 aliphatic heterocycles. The fourth-order valence-corrected chi connectivity index (χ4v) is 3.99. The third-order valence-corrected chi connectivity index (χ3v) is 5.90. The third kappa shape index (κ3) is 4.89. The minimum Gasteiger partial charge on any atom is -0.493 e. The Morgan fingerprint density at radius 2 is 1.68 bits per heavy atom. The molecule has 0 aromatic heterocycles. The second-order valence-corrected chi connectivity index (χ2v) is 8.38. The second-order valence-electron chi connectivity index (χ2n) is 7.94. The predicted molar refractivity (Wildman–Crippen MR) is 130 cm³/mol. The van der Waals surface area contributed by atoms with Crippen molar-refractivity contribution in [3.63, 3.8) is 0 Å². The van der Waals surface area contributed by atoms with Gasteiger partial charge in [-0.15, -0.1) is 10.1 Å². The molecule has 0 spiro atoms. The van der Waals surface area contributed by atoms with E-state index in [2.05, 4.69) is 10.7 Å². The van der Waals surface area contributed by atoms with E-state index in [1.165, 1.54) is 0 Å². The number of hydrazone groups is 1. The molecular formula is C26H25ClN3O4+. The smallest absolute Gasteiger partial charge is 0.304 e. The van der Waals surface area contributed by atoms with Crippen LogP contribution in [0, 0.1) is 6.92 Å². The number of hydrazine groups is 1. The molecule has 3 aromatic carbocycles. The van der Waals surface area contributed by atoms with Crippen LogP contribution in [0.4, 0.5) is 0 Å². The molecule has 3 aromatic rings. The van der Waals surface area contributed by atoms with Crippen molar-refractivity contribution in [3.8, 4) is 11.5 Å². The first kappa shape index (κ1) is 23.3. The number of benzene rings is 3. The molecule has 2 atom stereocenters. The van der Waals surface area contributed by atoms with E-state index in [0.717, 1.165) is 16.7 Å². The molecule has 0 saturated carbocycles. The second kappa shape index (κ2) is 9.97. The predicted octanol–water partition coefficient (Wildman–Crippen LogP) is 3.68. The summed E-state index contributed by atoms with van der Waals surface area (Å²) in [5.74, 6) is 0.515. The van der Waals surface area contributed by atoms with E-state index in [0.29, 0.717) is 22.1 Å². The van der Waals surface area contributed by atoms with Gasteiger partial charge in [0.05, 0.1) is 14.2 Å². The zero-order valence-corrected chi connectivity index (χ0v) is 19.8. The summed E-state index contributed by atoms with van der Waals surface area (Å²) < 4.78 is 12.4. The highest BCUT2D eigenvalue weighted by atomic mass is 35.5. The monoisotopic (exact) mass is 478 g/mol. The lowest BCUT2D eigenvalue weighted by Crippen LogP contribution is -2.42. The first-order valence-corrected chi connectivity index (χ1v) is 11.1. The summed E-state index contributed by atoms with van der Waals surface area (Å²) in [6.45, 7) is 1.95. The molecule has 0 aliphatic carbocycles. The van der Waals surface area contributed by atoms with Crippen LogP contribution < -0.4 is 20.2 Å². The fourth-order valence-electron chi connectivity index (χ4n) is 3.86. The Hall–Kier alpha value is -3.84. The van der Waals surface area contributed by atoms with Gasteiger partial charge < -0.3 is 14.8 Å². The minimum atomic E-state index is -0.827. The van der Waals surface area contributed by atoms with Crippen molar-refractivity contribution in [1.82, 2.24) is 10.7 Å². The number of methoxy groups -OCH3 is 2. The molecule has 1 aliphatic rings. The normalized spacial score (nSPS) is 18.5. The number of amides is 2. The molecule has 8 heteroatoms. The first-order valence-electron chi connectivity index (χ1n) is 10.7. The molecule has 1 heterocycles. The molecule has 0 bridgehead atoms. The van der Waals surface area contributed by atoms with Gasteiger partial charge in [0, 0.05) is 21.7 Å². The van der Waals surface area contributed by atoms with Gasteiger partial charge in [-0.3, -0.25) is 9.59 Å². The first-order chi connectivity index (χ1) is 16.4. The van der Waals surface area contributed by atoms with Gasteiger partial charge in [-0.05, 0) is 49.4 Å². The van der Waals surface area contributed by atoms with E-state index in [4.69, 9.17) is 21.1 Å². The van der Waals surface area contributed by atoms with Gasteiger partial charge in [-0.2, -0.15) is 0 Å². The number of ether oxygens (including phenoxy) is 2. The average molecular weight is 479 g/mol. The van der Waals surface area contributed by atoms with Crippen LogP contribution in [0.5, 0.6) is 11.5 Å². The van der Waals surface area contributed by atoms with Crippen LogP contribution in [0.3, 0.4) is 0 Å². The van der Waals surface area contributed by atoms with Crippen molar-refractivity contribution in [2.45, 2.75) is 19.0 Å². The molecule has 174 valence electrons. The molecule has 4 rings (SSSR count). The van der Waals surface area contributed by atoms with Crippen molar-refractivity contribution in [1.29, 1.82) is 0 Å². The van der Waals surface area contributed by atoms with Crippen molar-refractivity contribution >= 4 is 29.6 Å². The highest BCUT2D eigenvalue weighted by molar-refractivity contribution is 6.30. The van der Waals surface area contributed by atoms with E-state index < -0.39 is 12.1 Å². The maximum absolute atomic E-state index is 13.0. The molecule has 2 amide bonds. The minimum absolute atomic E-state index is 0.322. The Balaban J connectivity index is 1.71. The van der Waals surface area contributed by atoms with Crippen molar-refractivity contribution in [2.24, 2.45) is 0 Å². The number of nitrogens with one attached hydrogen (secondary N) is 2. The van der Waals surface area contributed by atoms with Gasteiger partial charge >= 0.3 is 5.91 Å².